The number of primary amides is 1. The summed E-state index contributed by atoms with van der Waals surface area (Å²) in [7, 11) is 0. The van der Waals surface area contributed by atoms with Crippen LogP contribution in [0.1, 0.15) is 59.8 Å². The zero-order valence-electron chi connectivity index (χ0n) is 22.6. The van der Waals surface area contributed by atoms with E-state index in [1.54, 1.807) is 13.8 Å². The number of nitrogens with two attached hydrogens (primary N) is 1. The lowest BCUT2D eigenvalue weighted by Crippen LogP contribution is -2.35. The Labute approximate surface area is 223 Å². The summed E-state index contributed by atoms with van der Waals surface area (Å²) in [5.74, 6) is -0.800. The van der Waals surface area contributed by atoms with Gasteiger partial charge in [-0.3, -0.25) is 24.1 Å². The minimum Gasteiger partial charge on any atom is -0.450 e. The van der Waals surface area contributed by atoms with Crippen molar-refractivity contribution < 1.29 is 38.2 Å². The summed E-state index contributed by atoms with van der Waals surface area (Å²) in [6.45, 7) is 9.38. The first kappa shape index (κ1) is 36.1. The van der Waals surface area contributed by atoms with E-state index in [4.69, 9.17) is 9.47 Å². The average Bonchev–Trinajstić information content (AvgIpc) is 3.10. The van der Waals surface area contributed by atoms with Crippen LogP contribution in [-0.2, 0) is 28.7 Å². The molecular formula is C23H43N5O8S. The highest BCUT2D eigenvalue weighted by molar-refractivity contribution is 8.00. The Morgan fingerprint density at radius 3 is 1.81 bits per heavy atom. The molecule has 1 saturated heterocycles. The molecule has 5 N–H and O–H groups in total. The van der Waals surface area contributed by atoms with Gasteiger partial charge in [-0.25, -0.2) is 9.59 Å². The molecule has 37 heavy (non-hydrogen) atoms. The largest absolute Gasteiger partial charge is 0.450 e. The lowest BCUT2D eigenvalue weighted by molar-refractivity contribution is -0.138. The van der Waals surface area contributed by atoms with Gasteiger partial charge in [0.25, 0.3) is 0 Å². The van der Waals surface area contributed by atoms with Gasteiger partial charge in [0.05, 0.1) is 18.5 Å². The van der Waals surface area contributed by atoms with E-state index in [1.165, 1.54) is 23.6 Å². The summed E-state index contributed by atoms with van der Waals surface area (Å²) < 4.78 is 9.41. The Morgan fingerprint density at radius 2 is 1.43 bits per heavy atom. The number of amides is 6. The van der Waals surface area contributed by atoms with E-state index in [-0.39, 0.29) is 60.5 Å². The Bertz CT molecular complexity index is 697. The summed E-state index contributed by atoms with van der Waals surface area (Å²) in [6.07, 6.45) is 4.16. The van der Waals surface area contributed by atoms with Crippen molar-refractivity contribution >= 4 is 47.6 Å². The number of thioether (sulfide) groups is 1. The molecule has 14 heteroatoms. The lowest BCUT2D eigenvalue weighted by atomic mass is 10.2. The van der Waals surface area contributed by atoms with Gasteiger partial charge in [0, 0.05) is 45.9 Å². The topological polar surface area (TPSA) is 186 Å². The van der Waals surface area contributed by atoms with E-state index in [2.05, 4.69) is 21.7 Å². The molecule has 1 rings (SSSR count). The average molecular weight is 550 g/mol. The van der Waals surface area contributed by atoms with Crippen LogP contribution < -0.4 is 21.7 Å². The number of nitrogens with one attached hydrogen (secondary N) is 3. The predicted molar refractivity (Wildman–Crippen MR) is 141 cm³/mol. The minimum absolute atomic E-state index is 0.129. The van der Waals surface area contributed by atoms with E-state index < -0.39 is 0 Å². The molecule has 1 atom stereocenters. The maximum atomic E-state index is 11.7. The number of carbonyl (C=O) groups is 6. The third-order valence-corrected chi connectivity index (χ3v) is 5.30. The molecule has 214 valence electrons. The van der Waals surface area contributed by atoms with Crippen LogP contribution in [0.3, 0.4) is 0 Å². The maximum Gasteiger partial charge on any atom is 0.407 e. The second kappa shape index (κ2) is 23.4. The molecule has 0 aliphatic carbocycles. The summed E-state index contributed by atoms with van der Waals surface area (Å²) in [6, 6.07) is 0. The third kappa shape index (κ3) is 20.8. The highest BCUT2D eigenvalue weighted by Crippen LogP contribution is 2.22. The molecule has 1 heterocycles. The predicted octanol–water partition coefficient (Wildman–Crippen LogP) is 1.14. The number of likely N-dealkylation sites (tertiary alicyclic amines) is 1. The van der Waals surface area contributed by atoms with Gasteiger partial charge in [-0.15, -0.1) is 0 Å². The molecule has 0 aromatic carbocycles. The number of ether oxygens (including phenoxy) is 2. The first-order valence-electron chi connectivity index (χ1n) is 12.2. The minimum atomic E-state index is -0.378. The van der Waals surface area contributed by atoms with Gasteiger partial charge in [-0.05, 0) is 46.3 Å². The molecule has 13 nitrogen and oxygen atoms in total. The summed E-state index contributed by atoms with van der Waals surface area (Å²) >= 11 is 1.38. The molecule has 0 aromatic heterocycles. The molecule has 0 spiro atoms. The monoisotopic (exact) mass is 549 g/mol. The number of hydrogen-bond acceptors (Lipinski definition) is 9. The Kier molecular flexibility index (Phi) is 22.8. The number of alkyl carbamates (subject to hydrolysis) is 2. The van der Waals surface area contributed by atoms with Gasteiger partial charge in [-0.1, -0.05) is 0 Å². The SMILES string of the molecule is CC(N)=O.CCNC(=O)CCN1C(=O)CC(SC)C1=O.CCOC(=O)NCCCCCNC(=O)OCC. The number of imide groups is 1. The van der Waals surface area contributed by atoms with E-state index >= 15 is 0 Å². The molecule has 0 radical (unpaired) electrons. The van der Waals surface area contributed by atoms with Gasteiger partial charge in [-0.2, -0.15) is 11.8 Å². The lowest BCUT2D eigenvalue weighted by Gasteiger charge is -2.13. The van der Waals surface area contributed by atoms with Crippen LogP contribution in [0.5, 0.6) is 0 Å². The van der Waals surface area contributed by atoms with Gasteiger partial charge in [0.15, 0.2) is 0 Å². The first-order chi connectivity index (χ1) is 17.5. The molecule has 6 amide bonds. The van der Waals surface area contributed by atoms with Crippen LogP contribution >= 0.6 is 11.8 Å². The second-order valence-electron chi connectivity index (χ2n) is 7.48. The zero-order valence-corrected chi connectivity index (χ0v) is 23.4. The van der Waals surface area contributed by atoms with E-state index in [9.17, 15) is 28.8 Å². The van der Waals surface area contributed by atoms with Crippen LogP contribution in [0.25, 0.3) is 0 Å². The van der Waals surface area contributed by atoms with Crippen molar-refractivity contribution in [1.82, 2.24) is 20.9 Å². The van der Waals surface area contributed by atoms with Crippen LogP contribution in [0.15, 0.2) is 0 Å². The molecule has 1 aliphatic rings. The van der Waals surface area contributed by atoms with Crippen LogP contribution in [0, 0.1) is 0 Å². The Hall–Kier alpha value is -3.03. The first-order valence-corrected chi connectivity index (χ1v) is 13.5. The van der Waals surface area contributed by atoms with E-state index in [0.717, 1.165) is 19.3 Å². The molecule has 1 fully saturated rings. The molecule has 0 aromatic rings. The number of nitrogens with zero attached hydrogens (tertiary/aromatic N) is 1. The Balaban J connectivity index is 0. The highest BCUT2D eigenvalue weighted by Gasteiger charge is 2.37. The maximum absolute atomic E-state index is 11.7. The Morgan fingerprint density at radius 1 is 0.946 bits per heavy atom. The fraction of sp³-hybridized carbons (Fsp3) is 0.739. The van der Waals surface area contributed by atoms with Crippen molar-refractivity contribution in [3.8, 4) is 0 Å². The van der Waals surface area contributed by atoms with Crippen molar-refractivity contribution in [3.05, 3.63) is 0 Å². The van der Waals surface area contributed by atoms with Crippen molar-refractivity contribution in [2.24, 2.45) is 5.73 Å². The molecule has 0 saturated carbocycles. The number of carbonyl (C=O) groups excluding carboxylic acids is 6. The number of unbranched alkanes of at least 4 members (excludes halogenated alkanes) is 2. The van der Waals surface area contributed by atoms with Gasteiger partial charge in [0.2, 0.25) is 23.6 Å². The van der Waals surface area contributed by atoms with Gasteiger partial charge in [0.1, 0.15) is 0 Å². The van der Waals surface area contributed by atoms with Crippen molar-refractivity contribution in [2.45, 2.75) is 65.0 Å². The fourth-order valence-corrected chi connectivity index (χ4v) is 3.38. The number of rotatable bonds is 13. The summed E-state index contributed by atoms with van der Waals surface area (Å²) in [5, 5.41) is 7.63. The normalized spacial score (nSPS) is 13.9. The standard InChI is InChI=1S/C11H22N2O4.C10H16N2O3S.C2H5NO/c1-3-16-10(14)12-8-6-5-7-9-13-11(15)17-4-2;1-3-11-8(13)4-5-12-9(14)6-7(16-2)10(12)15;1-2(3)4/h3-9H2,1-2H3,(H,12,14)(H,13,15);7H,3-6H2,1-2H3,(H,11,13);1H3,(H2,3,4). The van der Waals surface area contributed by atoms with E-state index in [0.29, 0.717) is 32.8 Å². The second-order valence-corrected chi connectivity index (χ2v) is 8.52. The molecular weight excluding hydrogens is 506 g/mol. The van der Waals surface area contributed by atoms with Crippen LogP contribution in [0.2, 0.25) is 0 Å². The van der Waals surface area contributed by atoms with Crippen molar-refractivity contribution in [2.75, 3.05) is 45.6 Å². The van der Waals surface area contributed by atoms with Crippen LogP contribution in [0.4, 0.5) is 9.59 Å². The molecule has 1 aliphatic heterocycles. The van der Waals surface area contributed by atoms with E-state index in [1.807, 2.05) is 13.2 Å². The van der Waals surface area contributed by atoms with Crippen molar-refractivity contribution in [1.29, 1.82) is 0 Å². The summed E-state index contributed by atoms with van der Waals surface area (Å²) in [4.78, 5) is 66.5. The zero-order chi connectivity index (χ0) is 28.6. The quantitative estimate of drug-likeness (QED) is 0.193. The van der Waals surface area contributed by atoms with Crippen LogP contribution in [-0.4, -0.2) is 91.6 Å². The molecule has 0 bridgehead atoms. The van der Waals surface area contributed by atoms with Crippen molar-refractivity contribution in [3.63, 3.8) is 0 Å². The van der Waals surface area contributed by atoms with Gasteiger partial charge < -0.3 is 31.2 Å². The fourth-order valence-electron chi connectivity index (χ4n) is 2.74. The number of hydrogen-bond donors (Lipinski definition) is 4. The summed E-state index contributed by atoms with van der Waals surface area (Å²) in [5.41, 5.74) is 4.47. The highest BCUT2D eigenvalue weighted by atomic mass is 32.2. The molecule has 1 unspecified atom stereocenters. The third-order valence-electron chi connectivity index (χ3n) is 4.37. The van der Waals surface area contributed by atoms with Gasteiger partial charge >= 0.3 is 12.2 Å². The smallest absolute Gasteiger partial charge is 0.407 e.